The lowest BCUT2D eigenvalue weighted by atomic mass is 9.91. The van der Waals surface area contributed by atoms with E-state index in [0.717, 1.165) is 25.2 Å². The number of allylic oxidation sites excluding steroid dienone is 2. The second-order valence-corrected chi connectivity index (χ2v) is 14.6. The van der Waals surface area contributed by atoms with Crippen LogP contribution < -0.4 is 4.90 Å². The summed E-state index contributed by atoms with van der Waals surface area (Å²) in [6.45, 7) is 0. The lowest BCUT2D eigenvalue weighted by molar-refractivity contribution is 0.745. The van der Waals surface area contributed by atoms with E-state index in [-0.39, 0.29) is 39.4 Å². The minimum absolute atomic E-state index is 0.00295. The van der Waals surface area contributed by atoms with Gasteiger partial charge >= 0.3 is 0 Å². The van der Waals surface area contributed by atoms with Crippen LogP contribution >= 0.6 is 0 Å². The van der Waals surface area contributed by atoms with Crippen molar-refractivity contribution in [3.63, 3.8) is 0 Å². The molecule has 0 saturated heterocycles. The van der Waals surface area contributed by atoms with E-state index in [1.807, 2.05) is 0 Å². The van der Waals surface area contributed by atoms with Crippen molar-refractivity contribution >= 4 is 55.0 Å². The predicted molar refractivity (Wildman–Crippen MR) is 258 cm³/mol. The van der Waals surface area contributed by atoms with Crippen LogP contribution in [0, 0.1) is 0 Å². The van der Waals surface area contributed by atoms with Gasteiger partial charge in [0.2, 0.25) is 5.95 Å². The molecule has 0 saturated carbocycles. The maximum Gasteiger partial charge on any atom is 0.238 e. The van der Waals surface area contributed by atoms with Crippen molar-refractivity contribution in [2.45, 2.75) is 12.0 Å². The van der Waals surface area contributed by atoms with Crippen LogP contribution in [0.15, 0.2) is 218 Å². The maximum absolute atomic E-state index is 10.4. The molecule has 2 atom stereocenters. The highest BCUT2D eigenvalue weighted by Crippen LogP contribution is 2.49. The van der Waals surface area contributed by atoms with Crippen LogP contribution in [-0.4, -0.2) is 30.1 Å². The van der Waals surface area contributed by atoms with E-state index >= 15 is 0 Å². The number of rotatable bonds is 6. The second-order valence-electron chi connectivity index (χ2n) is 14.6. The number of nitrogens with zero attached hydrogens (tertiary/aromatic N) is 6. The van der Waals surface area contributed by atoms with Gasteiger partial charge in [0.15, 0.2) is 11.6 Å². The van der Waals surface area contributed by atoms with E-state index in [4.69, 9.17) is 28.7 Å². The molecule has 1 aliphatic heterocycles. The molecule has 6 heteroatoms. The van der Waals surface area contributed by atoms with Crippen LogP contribution in [0.5, 0.6) is 0 Å². The SMILES string of the molecule is [2H]C1=C([2H])C2c3c([2H])c([2H])c(-n4c5c([2H])c([2H])c([2H])c([2H])c5c5c([2H])c([2H])c6c7c([2H])c([2H])c([2H])c([2H])c7n(-c7nc(-c8ccccc8)nc(-c8ccc(-c9ccc([2H])cc9)cc8)n7)c6c54)c([2H])c3N(c3c([2H])c([2H])c([2H])c([2H])c3[2H])C2C([2H])=C1[2H]. The number of hydrogen-bond donors (Lipinski definition) is 0. The number of fused-ring (bicyclic) bond motifs is 10. The Morgan fingerprint density at radius 2 is 1.03 bits per heavy atom. The summed E-state index contributed by atoms with van der Waals surface area (Å²) < 4.78 is 215. The molecule has 2 unspecified atom stereocenters. The number of anilines is 2. The Labute approximate surface area is 396 Å². The summed E-state index contributed by atoms with van der Waals surface area (Å²) in [6.07, 6.45) is 0. The highest BCUT2D eigenvalue weighted by molar-refractivity contribution is 6.23. The molecule has 11 aromatic rings. The fraction of sp³-hybridized carbons (Fsp3) is 0.0351. The zero-order valence-corrected chi connectivity index (χ0v) is 32.3. The molecule has 0 spiro atoms. The zero-order valence-electron chi connectivity index (χ0n) is 55.3. The standard InChI is InChI=1S/C57H38N6/c1-4-16-37(17-5-1)38-28-30-40(31-29-38)56-58-55(39-18-6-2-7-19-39)59-57(60-56)63-51-27-15-12-24-45(51)48-35-34-47-44-23-11-14-26-50(44)62(53(47)54(48)63)42-32-33-46-43-22-10-13-25-49(43)61(52(46)36-42)41-20-8-3-9-21-41/h1-36,43,49H/i1D,3D,8D,9D,10D,11D,12D,13D,14D,15D,20D,21D,22D,23D,24D,25D,26D,27D,32D,33D,34D,35D,36D. The topological polar surface area (TPSA) is 51.8 Å². The van der Waals surface area contributed by atoms with Gasteiger partial charge in [-0.1, -0.05) is 182 Å². The molecule has 3 aromatic heterocycles. The molecular formula is C57H38N6. The molecule has 296 valence electrons. The third-order valence-corrected chi connectivity index (χ3v) is 11.2. The minimum atomic E-state index is -1.76. The number of benzene rings is 8. The normalized spacial score (nSPS) is 21.2. The molecule has 6 nitrogen and oxygen atoms in total. The van der Waals surface area contributed by atoms with Gasteiger partial charge in [0.05, 0.1) is 59.6 Å². The molecule has 2 aliphatic rings. The second kappa shape index (κ2) is 14.1. The summed E-state index contributed by atoms with van der Waals surface area (Å²) in [4.78, 5) is 15.7. The quantitative estimate of drug-likeness (QED) is 0.167. The van der Waals surface area contributed by atoms with E-state index in [2.05, 4.69) is 0 Å². The van der Waals surface area contributed by atoms with Crippen molar-refractivity contribution in [3.05, 3.63) is 223 Å². The first-order valence-electron chi connectivity index (χ1n) is 31.1. The number of hydrogen-bond acceptors (Lipinski definition) is 4. The van der Waals surface area contributed by atoms with Gasteiger partial charge in [0.25, 0.3) is 0 Å². The van der Waals surface area contributed by atoms with Gasteiger partial charge in [-0.2, -0.15) is 9.97 Å². The fourth-order valence-electron chi connectivity index (χ4n) is 8.44. The van der Waals surface area contributed by atoms with Crippen LogP contribution in [0.25, 0.3) is 89.2 Å². The third kappa shape index (κ3) is 5.55. The van der Waals surface area contributed by atoms with Crippen molar-refractivity contribution < 1.29 is 31.5 Å². The Hall–Kier alpha value is -8.35. The molecule has 0 N–H and O–H groups in total. The first kappa shape index (κ1) is 19.6. The van der Waals surface area contributed by atoms with Gasteiger partial charge in [-0.3, -0.25) is 4.57 Å². The largest absolute Gasteiger partial charge is 0.333 e. The van der Waals surface area contributed by atoms with Gasteiger partial charge in [0, 0.05) is 55.7 Å². The smallest absolute Gasteiger partial charge is 0.238 e. The Balaban J connectivity index is 1.25. The molecule has 13 rings (SSSR count). The fourth-order valence-corrected chi connectivity index (χ4v) is 8.44. The molecule has 0 bridgehead atoms. The van der Waals surface area contributed by atoms with Crippen LogP contribution in [0.1, 0.15) is 43.0 Å². The summed E-state index contributed by atoms with van der Waals surface area (Å²) in [5.41, 5.74) is -1.75. The van der Waals surface area contributed by atoms with Crippen molar-refractivity contribution in [2.24, 2.45) is 0 Å². The monoisotopic (exact) mass is 829 g/mol. The lowest BCUT2D eigenvalue weighted by Crippen LogP contribution is -2.28. The van der Waals surface area contributed by atoms with Crippen LogP contribution in [0.3, 0.4) is 0 Å². The lowest BCUT2D eigenvalue weighted by Gasteiger charge is -2.28. The molecule has 63 heavy (non-hydrogen) atoms. The number of aromatic nitrogens is 5. The van der Waals surface area contributed by atoms with Gasteiger partial charge in [-0.25, -0.2) is 4.98 Å². The minimum Gasteiger partial charge on any atom is -0.333 e. The summed E-state index contributed by atoms with van der Waals surface area (Å²) >= 11 is 0. The Morgan fingerprint density at radius 3 is 1.76 bits per heavy atom. The molecular weight excluding hydrogens is 769 g/mol. The van der Waals surface area contributed by atoms with Gasteiger partial charge in [-0.15, -0.1) is 0 Å². The molecule has 1 aliphatic carbocycles. The van der Waals surface area contributed by atoms with E-state index in [1.165, 1.54) is 0 Å². The molecule has 4 heterocycles. The zero-order chi connectivity index (χ0) is 61.4. The summed E-state index contributed by atoms with van der Waals surface area (Å²) in [7, 11) is 0. The van der Waals surface area contributed by atoms with Crippen LogP contribution in [0.2, 0.25) is 0 Å². The average Bonchev–Trinajstić information content (AvgIpc) is 1.70. The Bertz CT molecular complexity index is 4950. The van der Waals surface area contributed by atoms with Gasteiger partial charge in [-0.05, 0) is 52.9 Å². The van der Waals surface area contributed by atoms with Crippen molar-refractivity contribution in [2.75, 3.05) is 4.90 Å². The summed E-state index contributed by atoms with van der Waals surface area (Å²) in [6, 6.07) is 3.33. The van der Waals surface area contributed by atoms with Crippen molar-refractivity contribution in [1.29, 1.82) is 0 Å². The van der Waals surface area contributed by atoms with E-state index in [0.29, 0.717) is 17.2 Å². The molecule has 0 radical (unpaired) electrons. The summed E-state index contributed by atoms with van der Waals surface area (Å²) in [5, 5.41) is -1.65. The van der Waals surface area contributed by atoms with E-state index in [1.54, 1.807) is 78.9 Å². The predicted octanol–water partition coefficient (Wildman–Crippen LogP) is 13.8. The third-order valence-electron chi connectivity index (χ3n) is 11.2. The van der Waals surface area contributed by atoms with Gasteiger partial charge < -0.3 is 9.47 Å². The van der Waals surface area contributed by atoms with Crippen molar-refractivity contribution in [1.82, 2.24) is 24.1 Å². The Kier molecular flexibility index (Phi) is 4.38. The molecule has 8 aromatic carbocycles. The number of para-hydroxylation sites is 3. The Morgan fingerprint density at radius 1 is 0.444 bits per heavy atom. The van der Waals surface area contributed by atoms with E-state index in [9.17, 15) is 17.8 Å². The molecule has 0 fully saturated rings. The van der Waals surface area contributed by atoms with E-state index < -0.39 is 189 Å². The van der Waals surface area contributed by atoms with Crippen LogP contribution in [-0.2, 0) is 0 Å². The maximum atomic E-state index is 10.4. The highest BCUT2D eigenvalue weighted by atomic mass is 15.2. The first-order chi connectivity index (χ1) is 40.8. The average molecular weight is 830 g/mol. The van der Waals surface area contributed by atoms with Crippen LogP contribution in [0.4, 0.5) is 11.4 Å². The van der Waals surface area contributed by atoms with Crippen molar-refractivity contribution in [3.8, 4) is 45.5 Å². The summed E-state index contributed by atoms with van der Waals surface area (Å²) in [5.74, 6) is -2.02. The molecule has 0 amide bonds. The highest BCUT2D eigenvalue weighted by Gasteiger charge is 2.38. The first-order valence-corrected chi connectivity index (χ1v) is 19.6. The van der Waals surface area contributed by atoms with Gasteiger partial charge in [0.1, 0.15) is 0 Å².